The van der Waals surface area contributed by atoms with Crippen molar-refractivity contribution in [1.29, 1.82) is 0 Å². The molecule has 1 aromatic heterocycles. The molecule has 111 heavy (non-hydrogen) atoms. The van der Waals surface area contributed by atoms with E-state index < -0.39 is 0 Å². The van der Waals surface area contributed by atoms with Crippen LogP contribution in [0.3, 0.4) is 0 Å². The number of hydrogen-bond acceptors (Lipinski definition) is 5. The lowest BCUT2D eigenvalue weighted by atomic mass is 9.32. The van der Waals surface area contributed by atoms with E-state index in [-0.39, 0.29) is 28.4 Å². The summed E-state index contributed by atoms with van der Waals surface area (Å²) >= 11 is 0. The van der Waals surface area contributed by atoms with Crippen LogP contribution < -0.4 is 26.2 Å². The zero-order chi connectivity index (χ0) is 75.7. The first-order valence-electron chi connectivity index (χ1n) is 39.3. The van der Waals surface area contributed by atoms with Gasteiger partial charge >= 0.3 is 0 Å². The first-order chi connectivity index (χ1) is 53.5. The number of nitrogens with zero attached hydrogens (tertiary/aromatic N) is 5. The first-order valence-corrected chi connectivity index (χ1v) is 39.3. The molecule has 0 atom stereocenters. The summed E-state index contributed by atoms with van der Waals surface area (Å²) in [5.41, 5.74) is 26.0. The molecule has 5 nitrogen and oxygen atoms in total. The fourth-order valence-electron chi connectivity index (χ4n) is 18.0. The summed E-state index contributed by atoms with van der Waals surface area (Å²) in [6.45, 7) is 27.4. The van der Waals surface area contributed by atoms with Crippen LogP contribution in [0.1, 0.15) is 105 Å². The van der Waals surface area contributed by atoms with Crippen LogP contribution in [0.5, 0.6) is 0 Å². The predicted octanol–water partition coefficient (Wildman–Crippen LogP) is 26.6. The molecule has 0 radical (unpaired) electrons. The van der Waals surface area contributed by atoms with Gasteiger partial charge < -0.3 is 9.80 Å². The van der Waals surface area contributed by atoms with Gasteiger partial charge in [-0.15, -0.1) is 0 Å². The molecule has 0 unspecified atom stereocenters. The molecule has 0 bridgehead atoms. The Morgan fingerprint density at radius 2 is 0.495 bits per heavy atom. The van der Waals surface area contributed by atoms with Crippen molar-refractivity contribution in [3.63, 3.8) is 0 Å². The van der Waals surface area contributed by atoms with Crippen LogP contribution in [0, 0.1) is 0 Å². The lowest BCUT2D eigenvalue weighted by molar-refractivity contribution is 0.568. The Balaban J connectivity index is 0.989. The monoisotopic (exact) mass is 1430 g/mol. The lowest BCUT2D eigenvalue weighted by Crippen LogP contribution is -2.61. The number of anilines is 6. The van der Waals surface area contributed by atoms with E-state index in [1.807, 2.05) is 0 Å². The minimum Gasteiger partial charge on any atom is -0.311 e. The number of hydrogen-bond donors (Lipinski definition) is 0. The summed E-state index contributed by atoms with van der Waals surface area (Å²) in [6.07, 6.45) is 0. The van der Waals surface area contributed by atoms with Gasteiger partial charge in [0.2, 0.25) is 0 Å². The molecular formula is C105H86BN5. The number of rotatable bonds is 9. The SMILES string of the molecule is CC(C)(C)c1cc(-c2nc(-c3cc(C(C)(C)C)cc(C(C)(C)C)c3)nc(-c3cc4c5c(c3)N(c3cc(-c6ccccc6)cc(-c6ccccc6)c3)c3cc6ccc7cccc8ccc(c3B5c3c(cc5ccc9cccc%10ccc3c5c9%10)N4c3cc(-c4ccccc4)cc(-c4ccccc4)c3)c6c78)n2)cc(C(C)(C)C)c1. The van der Waals surface area contributed by atoms with Crippen LogP contribution in [0.15, 0.2) is 303 Å². The molecule has 0 aliphatic carbocycles. The van der Waals surface area contributed by atoms with E-state index in [2.05, 4.69) is 396 Å². The Hall–Kier alpha value is -12.5. The van der Waals surface area contributed by atoms with Crippen LogP contribution in [-0.4, -0.2) is 21.7 Å². The summed E-state index contributed by atoms with van der Waals surface area (Å²) < 4.78 is 0. The zero-order valence-corrected chi connectivity index (χ0v) is 65.2. The molecule has 0 fully saturated rings. The van der Waals surface area contributed by atoms with Gasteiger partial charge in [0, 0.05) is 50.8 Å². The molecule has 0 amide bonds. The summed E-state index contributed by atoms with van der Waals surface area (Å²) in [5.74, 6) is 1.83. The zero-order valence-electron chi connectivity index (χ0n) is 65.2. The molecule has 0 spiro atoms. The van der Waals surface area contributed by atoms with Crippen molar-refractivity contribution in [3.05, 3.63) is 326 Å². The van der Waals surface area contributed by atoms with Crippen molar-refractivity contribution in [2.24, 2.45) is 0 Å². The maximum atomic E-state index is 5.98. The second kappa shape index (κ2) is 25.0. The molecule has 3 heterocycles. The fourth-order valence-corrected chi connectivity index (χ4v) is 18.0. The maximum Gasteiger partial charge on any atom is 0.253 e. The summed E-state index contributed by atoms with van der Waals surface area (Å²) in [6, 6.07) is 115. The molecule has 0 N–H and O–H groups in total. The third-order valence-corrected chi connectivity index (χ3v) is 23.8. The third kappa shape index (κ3) is 11.4. The van der Waals surface area contributed by atoms with E-state index >= 15 is 0 Å². The van der Waals surface area contributed by atoms with E-state index in [0.717, 1.165) is 95.3 Å². The van der Waals surface area contributed by atoms with E-state index in [9.17, 15) is 0 Å². The minimum atomic E-state index is -0.330. The van der Waals surface area contributed by atoms with Crippen LogP contribution in [0.4, 0.5) is 34.1 Å². The highest BCUT2D eigenvalue weighted by molar-refractivity contribution is 7.03. The molecule has 534 valence electrons. The summed E-state index contributed by atoms with van der Waals surface area (Å²) in [5, 5.41) is 14.9. The molecule has 2 aliphatic heterocycles. The Morgan fingerprint density at radius 3 is 0.802 bits per heavy atom. The van der Waals surface area contributed by atoms with Crippen molar-refractivity contribution < 1.29 is 0 Å². The predicted molar refractivity (Wildman–Crippen MR) is 474 cm³/mol. The average molecular weight is 1430 g/mol. The van der Waals surface area contributed by atoms with Gasteiger partial charge in [-0.05, 0) is 254 Å². The maximum absolute atomic E-state index is 5.98. The Kier molecular flexibility index (Phi) is 15.3. The van der Waals surface area contributed by atoms with E-state index in [1.165, 1.54) is 103 Å². The van der Waals surface area contributed by atoms with Gasteiger partial charge in [-0.2, -0.15) is 0 Å². The van der Waals surface area contributed by atoms with E-state index in [1.54, 1.807) is 0 Å². The van der Waals surface area contributed by atoms with Gasteiger partial charge in [0.05, 0.1) is 0 Å². The molecule has 0 saturated carbocycles. The van der Waals surface area contributed by atoms with Crippen LogP contribution in [-0.2, 0) is 21.7 Å². The molecule has 17 aromatic carbocycles. The van der Waals surface area contributed by atoms with Gasteiger partial charge in [0.15, 0.2) is 17.5 Å². The van der Waals surface area contributed by atoms with E-state index in [4.69, 9.17) is 15.0 Å². The fraction of sp³-hybridized carbons (Fsp3) is 0.152. The number of benzene rings is 17. The van der Waals surface area contributed by atoms with Crippen molar-refractivity contribution >= 4 is 122 Å². The normalized spacial score (nSPS) is 13.2. The second-order valence-electron chi connectivity index (χ2n) is 35.3. The van der Waals surface area contributed by atoms with E-state index in [0.29, 0.717) is 17.5 Å². The van der Waals surface area contributed by atoms with Gasteiger partial charge in [0.25, 0.3) is 6.71 Å². The second-order valence-corrected chi connectivity index (χ2v) is 35.3. The smallest absolute Gasteiger partial charge is 0.253 e. The average Bonchev–Trinajstić information content (AvgIpc) is 0.673. The molecular weight excluding hydrogens is 1340 g/mol. The van der Waals surface area contributed by atoms with Crippen LogP contribution in [0.25, 0.3) is 143 Å². The van der Waals surface area contributed by atoms with Crippen molar-refractivity contribution in [2.75, 3.05) is 9.80 Å². The van der Waals surface area contributed by atoms with Gasteiger partial charge in [-0.1, -0.05) is 301 Å². The molecule has 0 saturated heterocycles. The highest BCUT2D eigenvalue weighted by Crippen LogP contribution is 2.53. The topological polar surface area (TPSA) is 45.2 Å². The van der Waals surface area contributed by atoms with Crippen molar-refractivity contribution in [2.45, 2.75) is 105 Å². The molecule has 2 aliphatic rings. The Morgan fingerprint density at radius 1 is 0.216 bits per heavy atom. The molecule has 18 aromatic rings. The van der Waals surface area contributed by atoms with Gasteiger partial charge in [-0.25, -0.2) is 15.0 Å². The number of aromatic nitrogens is 3. The van der Waals surface area contributed by atoms with Crippen molar-refractivity contribution in [1.82, 2.24) is 15.0 Å². The Bertz CT molecular complexity index is 6180. The Labute approximate surface area is 651 Å². The lowest BCUT2D eigenvalue weighted by Gasteiger charge is -2.45. The van der Waals surface area contributed by atoms with Crippen LogP contribution >= 0.6 is 0 Å². The largest absolute Gasteiger partial charge is 0.311 e. The highest BCUT2D eigenvalue weighted by atomic mass is 15.2. The quantitative estimate of drug-likeness (QED) is 0.106. The van der Waals surface area contributed by atoms with Crippen molar-refractivity contribution in [3.8, 4) is 78.7 Å². The molecule has 6 heteroatoms. The summed E-state index contributed by atoms with van der Waals surface area (Å²) in [4.78, 5) is 23.0. The minimum absolute atomic E-state index is 0.186. The van der Waals surface area contributed by atoms with Gasteiger partial charge in [0.1, 0.15) is 0 Å². The highest BCUT2D eigenvalue weighted by Gasteiger charge is 2.47. The summed E-state index contributed by atoms with van der Waals surface area (Å²) in [7, 11) is 0. The number of fused-ring (bicyclic) bond motifs is 6. The third-order valence-electron chi connectivity index (χ3n) is 23.8. The molecule has 20 rings (SSSR count). The first kappa shape index (κ1) is 67.8. The standard InChI is InChI=1S/C105H86BN5/c1-102(2,3)80-49-77(50-81(61-80)103(4,5)6)99-107-100(78-51-82(104(7,8)9)62-83(52-78)105(10,11)12)109-101(108-99)79-59-90-98-91(60-79)111(85-55-75(65-31-21-15-22-32-65)48-76(56-85)66-33-23-16-24-34-66)89-58-72-42-40-68-36-26-38-70-44-46-87(95(72)93(68)70)97(89)106(98)96-86-45-43-69-37-25-35-67-39-41-71(94(86)92(67)69)57-88(96)110(90)84-53-73(63-27-17-13-18-28-63)47-74(54-84)64-29-19-14-20-30-64/h13-62H,1-12H3. The van der Waals surface area contributed by atoms with Crippen LogP contribution in [0.2, 0.25) is 0 Å². The van der Waals surface area contributed by atoms with Gasteiger partial charge in [-0.3, -0.25) is 0 Å².